The van der Waals surface area contributed by atoms with Crippen LogP contribution in [0, 0.1) is 0 Å². The highest BCUT2D eigenvalue weighted by Gasteiger charge is 2.06. The van der Waals surface area contributed by atoms with Crippen molar-refractivity contribution in [1.29, 1.82) is 0 Å². The Kier molecular flexibility index (Phi) is 2.07. The minimum absolute atomic E-state index is 0.464. The van der Waals surface area contributed by atoms with Gasteiger partial charge in [-0.05, 0) is 17.7 Å². The van der Waals surface area contributed by atoms with Crippen LogP contribution < -0.4 is 5.73 Å². The van der Waals surface area contributed by atoms with Gasteiger partial charge >= 0.3 is 6.03 Å². The zero-order chi connectivity index (χ0) is 9.97. The molecule has 14 heavy (non-hydrogen) atoms. The molecule has 1 aromatic heterocycles. The number of aromatic nitrogens is 1. The summed E-state index contributed by atoms with van der Waals surface area (Å²) in [5.74, 6) is 0. The Hall–Kier alpha value is -2.03. The van der Waals surface area contributed by atoms with Crippen molar-refractivity contribution in [1.82, 2.24) is 4.57 Å². The van der Waals surface area contributed by atoms with E-state index in [-0.39, 0.29) is 0 Å². The van der Waals surface area contributed by atoms with Crippen LogP contribution in [0.5, 0.6) is 0 Å². The number of benzene rings is 1. The molecular weight excluding hydrogens is 176 g/mol. The van der Waals surface area contributed by atoms with E-state index >= 15 is 0 Å². The van der Waals surface area contributed by atoms with Crippen molar-refractivity contribution in [2.24, 2.45) is 5.73 Å². The lowest BCUT2D eigenvalue weighted by atomic mass is 10.1. The van der Waals surface area contributed by atoms with Crippen LogP contribution in [0.4, 0.5) is 4.79 Å². The van der Waals surface area contributed by atoms with Crippen molar-refractivity contribution in [2.75, 3.05) is 0 Å². The van der Waals surface area contributed by atoms with E-state index in [0.717, 1.165) is 11.3 Å². The van der Waals surface area contributed by atoms with Gasteiger partial charge in [-0.15, -0.1) is 0 Å². The van der Waals surface area contributed by atoms with Crippen LogP contribution in [0.25, 0.3) is 11.3 Å². The molecule has 0 saturated carbocycles. The second-order valence-electron chi connectivity index (χ2n) is 2.97. The van der Waals surface area contributed by atoms with Crippen molar-refractivity contribution in [2.45, 2.75) is 0 Å². The number of amides is 1. The van der Waals surface area contributed by atoms with E-state index in [1.165, 1.54) is 4.57 Å². The Labute approximate surface area is 81.8 Å². The number of hydrogen-bond acceptors (Lipinski definition) is 1. The Morgan fingerprint density at radius 1 is 1.07 bits per heavy atom. The molecule has 0 atom stereocenters. The number of primary amides is 1. The van der Waals surface area contributed by atoms with E-state index in [1.54, 1.807) is 12.3 Å². The molecule has 2 aromatic rings. The molecule has 0 bridgehead atoms. The SMILES string of the molecule is NC(=O)n1cccc1-c1ccccc1. The standard InChI is InChI=1S/C11H10N2O/c12-11(14)13-8-4-7-10(13)9-5-2-1-3-6-9/h1-8H,(H2,12,14). The van der Waals surface area contributed by atoms with E-state index < -0.39 is 6.03 Å². The van der Waals surface area contributed by atoms with Crippen LogP contribution in [0.2, 0.25) is 0 Å². The van der Waals surface area contributed by atoms with Crippen LogP contribution in [0.1, 0.15) is 0 Å². The summed E-state index contributed by atoms with van der Waals surface area (Å²) in [7, 11) is 0. The third-order valence-electron chi connectivity index (χ3n) is 2.06. The molecule has 0 aliphatic carbocycles. The minimum Gasteiger partial charge on any atom is -0.351 e. The van der Waals surface area contributed by atoms with Gasteiger partial charge in [-0.3, -0.25) is 4.57 Å². The fraction of sp³-hybridized carbons (Fsp3) is 0. The van der Waals surface area contributed by atoms with Crippen molar-refractivity contribution in [3.63, 3.8) is 0 Å². The lowest BCUT2D eigenvalue weighted by Gasteiger charge is -2.03. The van der Waals surface area contributed by atoms with Crippen molar-refractivity contribution in [3.8, 4) is 11.3 Å². The van der Waals surface area contributed by atoms with Gasteiger partial charge in [0.05, 0.1) is 5.69 Å². The lowest BCUT2D eigenvalue weighted by molar-refractivity contribution is 0.250. The van der Waals surface area contributed by atoms with Crippen molar-refractivity contribution < 1.29 is 4.79 Å². The highest BCUT2D eigenvalue weighted by molar-refractivity contribution is 5.81. The third-order valence-corrected chi connectivity index (χ3v) is 2.06. The number of carbonyl (C=O) groups is 1. The third kappa shape index (κ3) is 1.40. The smallest absolute Gasteiger partial charge is 0.323 e. The van der Waals surface area contributed by atoms with E-state index in [2.05, 4.69) is 0 Å². The molecule has 2 N–H and O–H groups in total. The molecule has 0 spiro atoms. The van der Waals surface area contributed by atoms with Gasteiger partial charge < -0.3 is 5.73 Å². The predicted molar refractivity (Wildman–Crippen MR) is 54.8 cm³/mol. The molecule has 2 rings (SSSR count). The van der Waals surface area contributed by atoms with Crippen molar-refractivity contribution >= 4 is 6.03 Å². The zero-order valence-corrected chi connectivity index (χ0v) is 7.55. The average Bonchev–Trinajstić information content (AvgIpc) is 2.67. The van der Waals surface area contributed by atoms with E-state index in [4.69, 9.17) is 5.73 Å². The molecule has 0 saturated heterocycles. The quantitative estimate of drug-likeness (QED) is 0.728. The maximum absolute atomic E-state index is 11.0. The first-order valence-electron chi connectivity index (χ1n) is 4.31. The highest BCUT2D eigenvalue weighted by Crippen LogP contribution is 2.18. The molecule has 70 valence electrons. The topological polar surface area (TPSA) is 48.0 Å². The molecule has 0 aliphatic rings. The summed E-state index contributed by atoms with van der Waals surface area (Å²) in [5.41, 5.74) is 7.02. The summed E-state index contributed by atoms with van der Waals surface area (Å²) >= 11 is 0. The zero-order valence-electron chi connectivity index (χ0n) is 7.55. The van der Waals surface area contributed by atoms with Gasteiger partial charge in [0.15, 0.2) is 0 Å². The Morgan fingerprint density at radius 3 is 2.43 bits per heavy atom. The molecule has 0 aliphatic heterocycles. The Balaban J connectivity index is 2.52. The second kappa shape index (κ2) is 3.38. The summed E-state index contributed by atoms with van der Waals surface area (Å²) in [5, 5.41) is 0. The van der Waals surface area contributed by atoms with Crippen molar-refractivity contribution in [3.05, 3.63) is 48.7 Å². The van der Waals surface area contributed by atoms with Gasteiger partial charge in [-0.1, -0.05) is 30.3 Å². The van der Waals surface area contributed by atoms with Gasteiger partial charge in [0.25, 0.3) is 0 Å². The molecule has 0 radical (unpaired) electrons. The summed E-state index contributed by atoms with van der Waals surface area (Å²) < 4.78 is 1.43. The fourth-order valence-corrected chi connectivity index (χ4v) is 1.42. The maximum atomic E-state index is 11.0. The summed E-state index contributed by atoms with van der Waals surface area (Å²) in [6.45, 7) is 0. The van der Waals surface area contributed by atoms with Gasteiger partial charge in [0.1, 0.15) is 0 Å². The van der Waals surface area contributed by atoms with Crippen LogP contribution >= 0.6 is 0 Å². The van der Waals surface area contributed by atoms with E-state index in [9.17, 15) is 4.79 Å². The summed E-state index contributed by atoms with van der Waals surface area (Å²) in [6, 6.07) is 12.9. The average molecular weight is 186 g/mol. The van der Waals surface area contributed by atoms with Gasteiger partial charge in [-0.2, -0.15) is 0 Å². The van der Waals surface area contributed by atoms with Crippen LogP contribution in [0.3, 0.4) is 0 Å². The molecule has 1 aromatic carbocycles. The number of nitrogens with zero attached hydrogens (tertiary/aromatic N) is 1. The van der Waals surface area contributed by atoms with Crippen LogP contribution in [-0.2, 0) is 0 Å². The van der Waals surface area contributed by atoms with Crippen LogP contribution in [0.15, 0.2) is 48.7 Å². The first kappa shape index (κ1) is 8.56. The molecule has 0 fully saturated rings. The van der Waals surface area contributed by atoms with Gasteiger partial charge in [-0.25, -0.2) is 4.79 Å². The number of hydrogen-bond donors (Lipinski definition) is 1. The predicted octanol–water partition coefficient (Wildman–Crippen LogP) is 2.08. The van der Waals surface area contributed by atoms with Gasteiger partial charge in [0, 0.05) is 6.20 Å². The number of nitrogens with two attached hydrogens (primary N) is 1. The fourth-order valence-electron chi connectivity index (χ4n) is 1.42. The molecule has 1 heterocycles. The highest BCUT2D eigenvalue weighted by atomic mass is 16.2. The van der Waals surface area contributed by atoms with E-state index in [1.807, 2.05) is 36.4 Å². The lowest BCUT2D eigenvalue weighted by Crippen LogP contribution is -2.19. The second-order valence-corrected chi connectivity index (χ2v) is 2.97. The normalized spacial score (nSPS) is 10.0. The summed E-state index contributed by atoms with van der Waals surface area (Å²) in [6.07, 6.45) is 1.66. The van der Waals surface area contributed by atoms with Gasteiger partial charge in [0.2, 0.25) is 0 Å². The van der Waals surface area contributed by atoms with E-state index in [0.29, 0.717) is 0 Å². The molecule has 0 unspecified atom stereocenters. The Morgan fingerprint density at radius 2 is 1.79 bits per heavy atom. The first-order chi connectivity index (χ1) is 6.79. The number of rotatable bonds is 1. The molecule has 1 amide bonds. The molecule has 3 nitrogen and oxygen atoms in total. The Bertz CT molecular complexity index is 445. The molecular formula is C11H10N2O. The maximum Gasteiger partial charge on any atom is 0.323 e. The van der Waals surface area contributed by atoms with Crippen LogP contribution in [-0.4, -0.2) is 10.6 Å². The largest absolute Gasteiger partial charge is 0.351 e. The minimum atomic E-state index is -0.464. The summed E-state index contributed by atoms with van der Waals surface area (Å²) in [4.78, 5) is 11.0. The molecule has 3 heteroatoms. The number of carbonyl (C=O) groups excluding carboxylic acids is 1. The monoisotopic (exact) mass is 186 g/mol. The first-order valence-corrected chi connectivity index (χ1v) is 4.31.